The molecule has 3 atom stereocenters. The van der Waals surface area contributed by atoms with Gasteiger partial charge in [-0.25, -0.2) is 9.59 Å². The van der Waals surface area contributed by atoms with E-state index < -0.39 is 30.1 Å². The molecule has 0 radical (unpaired) electrons. The number of phenolic OH excluding ortho intramolecular Hbond substituents is 2. The van der Waals surface area contributed by atoms with Crippen molar-refractivity contribution in [3.8, 4) is 11.5 Å². The third kappa shape index (κ3) is 5.87. The Morgan fingerprint density at radius 2 is 1.57 bits per heavy atom. The zero-order valence-corrected chi connectivity index (χ0v) is 18.9. The Morgan fingerprint density at radius 3 is 2.17 bits per heavy atom. The minimum atomic E-state index is -1.05. The number of amides is 2. The highest BCUT2D eigenvalue weighted by molar-refractivity contribution is 5.83. The number of urea groups is 1. The van der Waals surface area contributed by atoms with Crippen molar-refractivity contribution in [2.75, 3.05) is 6.54 Å². The predicted molar refractivity (Wildman–Crippen MR) is 123 cm³/mol. The SMILES string of the molecule is N[C@@H](Cc1ccc(O)cc1)c1nnc([C@H](Cc2ccc(O)cc2)NC(=O)N2CCC[C@H]2C(=O)O)o1. The van der Waals surface area contributed by atoms with Gasteiger partial charge in [-0.15, -0.1) is 10.2 Å². The topological polar surface area (TPSA) is 175 Å². The molecule has 2 amide bonds. The van der Waals surface area contributed by atoms with Gasteiger partial charge in [-0.2, -0.15) is 0 Å². The summed E-state index contributed by atoms with van der Waals surface area (Å²) >= 11 is 0. The van der Waals surface area contributed by atoms with Crippen molar-refractivity contribution in [2.45, 2.75) is 43.8 Å². The summed E-state index contributed by atoms with van der Waals surface area (Å²) in [7, 11) is 0. The second kappa shape index (κ2) is 10.4. The molecule has 1 aliphatic rings. The minimum absolute atomic E-state index is 0.107. The molecule has 0 saturated carbocycles. The van der Waals surface area contributed by atoms with Crippen molar-refractivity contribution in [2.24, 2.45) is 5.73 Å². The lowest BCUT2D eigenvalue weighted by Crippen LogP contribution is -2.47. The molecule has 0 bridgehead atoms. The van der Waals surface area contributed by atoms with E-state index in [1.54, 1.807) is 36.4 Å². The van der Waals surface area contributed by atoms with Crippen molar-refractivity contribution in [1.29, 1.82) is 0 Å². The van der Waals surface area contributed by atoms with Crippen LogP contribution < -0.4 is 11.1 Å². The minimum Gasteiger partial charge on any atom is -0.508 e. The van der Waals surface area contributed by atoms with Gasteiger partial charge in [0.05, 0.1) is 6.04 Å². The Bertz CT molecular complexity index is 1160. The Balaban J connectivity index is 1.53. The fraction of sp³-hybridized carbons (Fsp3) is 0.333. The summed E-state index contributed by atoms with van der Waals surface area (Å²) in [4.78, 5) is 25.8. The van der Waals surface area contributed by atoms with Gasteiger partial charge in [-0.3, -0.25) is 0 Å². The van der Waals surface area contributed by atoms with Crippen LogP contribution in [0.25, 0.3) is 0 Å². The predicted octanol–water partition coefficient (Wildman–Crippen LogP) is 2.27. The molecular weight excluding hydrogens is 454 g/mol. The van der Waals surface area contributed by atoms with Crippen molar-refractivity contribution < 1.29 is 29.3 Å². The number of hydrogen-bond donors (Lipinski definition) is 5. The number of aromatic nitrogens is 2. The summed E-state index contributed by atoms with van der Waals surface area (Å²) in [6, 6.07) is 10.3. The molecule has 0 unspecified atom stereocenters. The van der Waals surface area contributed by atoms with Crippen molar-refractivity contribution >= 4 is 12.0 Å². The van der Waals surface area contributed by atoms with E-state index in [-0.39, 0.29) is 29.7 Å². The largest absolute Gasteiger partial charge is 0.508 e. The molecular formula is C24H27N5O6. The molecule has 2 heterocycles. The summed E-state index contributed by atoms with van der Waals surface area (Å²) in [5.41, 5.74) is 7.91. The van der Waals surface area contributed by atoms with Crippen molar-refractivity contribution in [3.05, 3.63) is 71.4 Å². The Kier molecular flexibility index (Phi) is 7.16. The number of rotatable bonds is 8. The molecule has 3 aromatic rings. The van der Waals surface area contributed by atoms with Crippen LogP contribution >= 0.6 is 0 Å². The van der Waals surface area contributed by atoms with Crippen LogP contribution in [0.2, 0.25) is 0 Å². The smallest absolute Gasteiger partial charge is 0.326 e. The molecule has 0 aliphatic carbocycles. The van der Waals surface area contributed by atoms with Crippen LogP contribution in [0.4, 0.5) is 4.79 Å². The molecule has 4 rings (SSSR count). The van der Waals surface area contributed by atoms with Crippen LogP contribution in [0, 0.1) is 0 Å². The number of nitrogens with one attached hydrogen (secondary N) is 1. The van der Waals surface area contributed by atoms with Crippen molar-refractivity contribution in [3.63, 3.8) is 0 Å². The average Bonchev–Trinajstić information content (AvgIpc) is 3.52. The van der Waals surface area contributed by atoms with Gasteiger partial charge in [0.25, 0.3) is 0 Å². The van der Waals surface area contributed by atoms with E-state index in [1.807, 2.05) is 0 Å². The third-order valence-corrected chi connectivity index (χ3v) is 5.94. The van der Waals surface area contributed by atoms with E-state index >= 15 is 0 Å². The molecule has 1 fully saturated rings. The summed E-state index contributed by atoms with van der Waals surface area (Å²) < 4.78 is 5.84. The zero-order valence-electron chi connectivity index (χ0n) is 18.9. The van der Waals surface area contributed by atoms with Gasteiger partial charge >= 0.3 is 12.0 Å². The molecule has 2 aromatic carbocycles. The van der Waals surface area contributed by atoms with Gasteiger partial charge in [0.1, 0.15) is 23.6 Å². The van der Waals surface area contributed by atoms with Gasteiger partial charge in [0.15, 0.2) is 0 Å². The first-order chi connectivity index (χ1) is 16.8. The van der Waals surface area contributed by atoms with Crippen LogP contribution in [0.5, 0.6) is 11.5 Å². The lowest BCUT2D eigenvalue weighted by atomic mass is 10.1. The number of nitrogens with two attached hydrogens (primary N) is 1. The molecule has 11 heteroatoms. The number of aliphatic carboxylic acids is 1. The van der Waals surface area contributed by atoms with Gasteiger partial charge in [0.2, 0.25) is 11.8 Å². The first-order valence-corrected chi connectivity index (χ1v) is 11.2. The highest BCUT2D eigenvalue weighted by Crippen LogP contribution is 2.24. The number of benzene rings is 2. The molecule has 35 heavy (non-hydrogen) atoms. The first-order valence-electron chi connectivity index (χ1n) is 11.2. The lowest BCUT2D eigenvalue weighted by molar-refractivity contribution is -0.141. The third-order valence-electron chi connectivity index (χ3n) is 5.94. The highest BCUT2D eigenvalue weighted by Gasteiger charge is 2.35. The van der Waals surface area contributed by atoms with Gasteiger partial charge in [-0.05, 0) is 54.7 Å². The number of carboxylic acids is 1. The zero-order chi connectivity index (χ0) is 24.9. The van der Waals surface area contributed by atoms with Crippen LogP contribution in [-0.4, -0.2) is 55.0 Å². The molecule has 1 aromatic heterocycles. The van der Waals surface area contributed by atoms with E-state index in [4.69, 9.17) is 10.2 Å². The highest BCUT2D eigenvalue weighted by atomic mass is 16.4. The van der Waals surface area contributed by atoms with E-state index in [1.165, 1.54) is 17.0 Å². The number of carbonyl (C=O) groups is 2. The fourth-order valence-corrected chi connectivity index (χ4v) is 4.08. The molecule has 1 aliphatic heterocycles. The maximum Gasteiger partial charge on any atom is 0.326 e. The van der Waals surface area contributed by atoms with E-state index in [0.29, 0.717) is 25.8 Å². The monoisotopic (exact) mass is 481 g/mol. The second-order valence-electron chi connectivity index (χ2n) is 8.52. The van der Waals surface area contributed by atoms with E-state index in [0.717, 1.165) is 11.1 Å². The van der Waals surface area contributed by atoms with Gasteiger partial charge in [-0.1, -0.05) is 24.3 Å². The molecule has 0 spiro atoms. The molecule has 11 nitrogen and oxygen atoms in total. The normalized spacial score (nSPS) is 17.2. The number of carboxylic acid groups (broad SMARTS) is 1. The number of hydrogen-bond acceptors (Lipinski definition) is 8. The lowest BCUT2D eigenvalue weighted by Gasteiger charge is -2.24. The van der Waals surface area contributed by atoms with Crippen molar-refractivity contribution in [1.82, 2.24) is 20.4 Å². The Hall–Kier alpha value is -4.12. The summed E-state index contributed by atoms with van der Waals surface area (Å²) in [6.45, 7) is 0.335. The average molecular weight is 482 g/mol. The van der Waals surface area contributed by atoms with Crippen LogP contribution in [0.3, 0.4) is 0 Å². The number of likely N-dealkylation sites (tertiary alicyclic amines) is 1. The van der Waals surface area contributed by atoms with Crippen LogP contribution in [-0.2, 0) is 17.6 Å². The number of carbonyl (C=O) groups excluding carboxylic acids is 1. The Morgan fingerprint density at radius 1 is 1.00 bits per heavy atom. The van der Waals surface area contributed by atoms with Gasteiger partial charge < -0.3 is 35.7 Å². The fourth-order valence-electron chi connectivity index (χ4n) is 4.08. The maximum absolute atomic E-state index is 13.0. The quantitative estimate of drug-likeness (QED) is 0.323. The maximum atomic E-state index is 13.0. The summed E-state index contributed by atoms with van der Waals surface area (Å²) in [5.74, 6) is -0.474. The molecule has 184 valence electrons. The number of nitrogens with zero attached hydrogens (tertiary/aromatic N) is 3. The first kappa shape index (κ1) is 24.0. The molecule has 6 N–H and O–H groups in total. The summed E-state index contributed by atoms with van der Waals surface area (Å²) in [6.07, 6.45) is 1.66. The second-order valence-corrected chi connectivity index (χ2v) is 8.52. The van der Waals surface area contributed by atoms with Crippen LogP contribution in [0.15, 0.2) is 52.9 Å². The number of aromatic hydroxyl groups is 2. The number of phenols is 2. The standard InChI is InChI=1S/C24H27N5O6/c25-18(12-14-3-7-16(30)8-4-14)21-27-28-22(35-21)19(13-15-5-9-17(31)10-6-15)26-24(34)29-11-1-2-20(29)23(32)33/h3-10,18-20,30-31H,1-2,11-13,25H2,(H,26,34)(H,32,33)/t18-,19-,20-/m0/s1. The van der Waals surface area contributed by atoms with E-state index in [9.17, 15) is 24.9 Å². The van der Waals surface area contributed by atoms with E-state index in [2.05, 4.69) is 15.5 Å². The molecule has 1 saturated heterocycles. The van der Waals surface area contributed by atoms with Gasteiger partial charge in [0, 0.05) is 13.0 Å². The van der Waals surface area contributed by atoms with Crippen LogP contribution in [0.1, 0.15) is 47.8 Å². The Labute approximate surface area is 201 Å². The summed E-state index contributed by atoms with van der Waals surface area (Å²) in [5, 5.41) is 39.5.